The molecule has 1 aromatic carbocycles. The first-order valence-electron chi connectivity index (χ1n) is 8.41. The van der Waals surface area contributed by atoms with E-state index >= 15 is 0 Å². The quantitative estimate of drug-likeness (QED) is 0.845. The Morgan fingerprint density at radius 1 is 1.35 bits per heavy atom. The number of aromatic nitrogens is 2. The number of hydrogen-bond donors (Lipinski definition) is 0. The van der Waals surface area contributed by atoms with E-state index in [2.05, 4.69) is 11.2 Å². The first-order valence-corrected chi connectivity index (χ1v) is 8.41. The summed E-state index contributed by atoms with van der Waals surface area (Å²) in [5.74, 6) is 0.632. The number of methoxy groups -OCH3 is 1. The van der Waals surface area contributed by atoms with Crippen LogP contribution in [0.25, 0.3) is 11.1 Å². The van der Waals surface area contributed by atoms with Crippen molar-refractivity contribution >= 4 is 6.09 Å². The molecule has 3 rings (SSSR count). The summed E-state index contributed by atoms with van der Waals surface area (Å²) >= 11 is 0. The van der Waals surface area contributed by atoms with Gasteiger partial charge in [0.25, 0.3) is 0 Å². The Labute approximate surface area is 152 Å². The topological polar surface area (TPSA) is 80.4 Å². The van der Waals surface area contributed by atoms with Crippen molar-refractivity contribution in [1.29, 1.82) is 5.26 Å². The maximum absolute atomic E-state index is 12.0. The third-order valence-corrected chi connectivity index (χ3v) is 4.13. The fraction of sp³-hybridized carbons (Fsp3) is 0.421. The summed E-state index contributed by atoms with van der Waals surface area (Å²) < 4.78 is 12.6. The number of carbonyl (C=O) groups excluding carboxylic acids is 1. The van der Waals surface area contributed by atoms with Crippen molar-refractivity contribution in [2.24, 2.45) is 0 Å². The molecule has 0 N–H and O–H groups in total. The highest BCUT2D eigenvalue weighted by Gasteiger charge is 2.35. The molecule has 0 unspecified atom stereocenters. The summed E-state index contributed by atoms with van der Waals surface area (Å²) in [6.07, 6.45) is 3.40. The first kappa shape index (κ1) is 17.8. The van der Waals surface area contributed by atoms with Gasteiger partial charge in [0.05, 0.1) is 31.0 Å². The van der Waals surface area contributed by atoms with Crippen LogP contribution in [-0.2, 0) is 4.74 Å². The average molecular weight is 354 g/mol. The summed E-state index contributed by atoms with van der Waals surface area (Å²) in [6.45, 7) is 6.70. The van der Waals surface area contributed by atoms with Crippen molar-refractivity contribution in [1.82, 2.24) is 14.7 Å². The molecule has 26 heavy (non-hydrogen) atoms. The lowest BCUT2D eigenvalue weighted by molar-refractivity contribution is -0.000381. The van der Waals surface area contributed by atoms with Crippen molar-refractivity contribution in [3.8, 4) is 22.9 Å². The fourth-order valence-corrected chi connectivity index (χ4v) is 2.77. The lowest BCUT2D eigenvalue weighted by atomic mass is 10.1. The normalized spacial score (nSPS) is 14.5. The molecular formula is C19H22N4O3. The van der Waals surface area contributed by atoms with Gasteiger partial charge < -0.3 is 14.4 Å². The largest absolute Gasteiger partial charge is 0.496 e. The van der Waals surface area contributed by atoms with Gasteiger partial charge in [-0.25, -0.2) is 4.79 Å². The van der Waals surface area contributed by atoms with Crippen molar-refractivity contribution in [2.75, 3.05) is 20.2 Å². The molecule has 0 radical (unpaired) electrons. The van der Waals surface area contributed by atoms with E-state index in [9.17, 15) is 4.79 Å². The summed E-state index contributed by atoms with van der Waals surface area (Å²) in [7, 11) is 1.58. The molecule has 7 nitrogen and oxygen atoms in total. The van der Waals surface area contributed by atoms with Crippen LogP contribution in [0.3, 0.4) is 0 Å². The minimum atomic E-state index is -0.493. The number of ether oxygens (including phenoxy) is 2. The molecule has 1 amide bonds. The zero-order chi connectivity index (χ0) is 18.9. The Bertz CT molecular complexity index is 854. The molecule has 136 valence electrons. The molecule has 7 heteroatoms. The van der Waals surface area contributed by atoms with E-state index in [0.717, 1.165) is 11.1 Å². The minimum absolute atomic E-state index is 0.126. The molecular weight excluding hydrogens is 332 g/mol. The van der Waals surface area contributed by atoms with Crippen LogP contribution in [0.4, 0.5) is 4.79 Å². The van der Waals surface area contributed by atoms with E-state index < -0.39 is 5.60 Å². The number of likely N-dealkylation sites (tertiary alicyclic amines) is 1. The van der Waals surface area contributed by atoms with E-state index in [1.165, 1.54) is 0 Å². The summed E-state index contributed by atoms with van der Waals surface area (Å²) in [5.41, 5.74) is 1.83. The van der Waals surface area contributed by atoms with Gasteiger partial charge in [0.2, 0.25) is 0 Å². The molecule has 1 fully saturated rings. The highest BCUT2D eigenvalue weighted by Crippen LogP contribution is 2.32. The molecule has 0 atom stereocenters. The first-order chi connectivity index (χ1) is 12.3. The highest BCUT2D eigenvalue weighted by atomic mass is 16.6. The zero-order valence-electron chi connectivity index (χ0n) is 15.4. The van der Waals surface area contributed by atoms with Crippen LogP contribution < -0.4 is 4.74 Å². The van der Waals surface area contributed by atoms with Crippen LogP contribution in [-0.4, -0.2) is 46.6 Å². The minimum Gasteiger partial charge on any atom is -0.496 e. The predicted molar refractivity (Wildman–Crippen MR) is 95.8 cm³/mol. The number of hydrogen-bond acceptors (Lipinski definition) is 5. The second-order valence-electron chi connectivity index (χ2n) is 7.28. The third-order valence-electron chi connectivity index (χ3n) is 4.13. The molecule has 0 bridgehead atoms. The summed E-state index contributed by atoms with van der Waals surface area (Å²) in [5, 5.41) is 13.4. The zero-order valence-corrected chi connectivity index (χ0v) is 15.4. The second kappa shape index (κ2) is 6.71. The molecule has 1 aromatic heterocycles. The number of nitriles is 1. The second-order valence-corrected chi connectivity index (χ2v) is 7.28. The number of rotatable bonds is 3. The van der Waals surface area contributed by atoms with Crippen LogP contribution in [0.15, 0.2) is 30.6 Å². The van der Waals surface area contributed by atoms with E-state index in [1.54, 1.807) is 30.3 Å². The molecule has 1 aliphatic heterocycles. The van der Waals surface area contributed by atoms with Gasteiger partial charge in [0, 0.05) is 30.4 Å². The Kier molecular flexibility index (Phi) is 4.60. The molecule has 1 saturated heterocycles. The third kappa shape index (κ3) is 3.64. The average Bonchev–Trinajstić information content (AvgIpc) is 3.00. The molecule has 0 aliphatic carbocycles. The molecule has 0 spiro atoms. The summed E-state index contributed by atoms with van der Waals surface area (Å²) in [4.78, 5) is 13.7. The van der Waals surface area contributed by atoms with Crippen molar-refractivity contribution in [3.05, 3.63) is 36.2 Å². The highest BCUT2D eigenvalue weighted by molar-refractivity contribution is 5.71. The van der Waals surface area contributed by atoms with Gasteiger partial charge in [0.15, 0.2) is 0 Å². The van der Waals surface area contributed by atoms with Gasteiger partial charge in [-0.15, -0.1) is 0 Å². The lowest BCUT2D eigenvalue weighted by Crippen LogP contribution is -2.52. The van der Waals surface area contributed by atoms with Crippen LogP contribution in [0.5, 0.6) is 5.75 Å². The van der Waals surface area contributed by atoms with E-state index in [0.29, 0.717) is 24.4 Å². The Morgan fingerprint density at radius 2 is 2.08 bits per heavy atom. The van der Waals surface area contributed by atoms with Gasteiger partial charge >= 0.3 is 6.09 Å². The maximum Gasteiger partial charge on any atom is 0.410 e. The molecule has 2 aromatic rings. The van der Waals surface area contributed by atoms with Crippen molar-refractivity contribution in [2.45, 2.75) is 32.4 Å². The standard InChI is InChI=1S/C19H22N4O3/c1-19(2,3)26-18(24)22-11-15(12-22)23-10-14(9-21-23)16-6-5-13(8-20)7-17(16)25-4/h5-7,9-10,15H,11-12H2,1-4H3. The Balaban J connectivity index is 1.69. The van der Waals surface area contributed by atoms with E-state index in [1.807, 2.05) is 37.7 Å². The number of carbonyl (C=O) groups is 1. The number of benzene rings is 1. The van der Waals surface area contributed by atoms with Crippen LogP contribution in [0.1, 0.15) is 32.4 Å². The Hall–Kier alpha value is -3.01. The lowest BCUT2D eigenvalue weighted by Gasteiger charge is -2.39. The Morgan fingerprint density at radius 3 is 2.69 bits per heavy atom. The molecule has 2 heterocycles. The van der Waals surface area contributed by atoms with Gasteiger partial charge in [0.1, 0.15) is 11.4 Å². The van der Waals surface area contributed by atoms with Crippen LogP contribution in [0.2, 0.25) is 0 Å². The number of amides is 1. The van der Waals surface area contributed by atoms with E-state index in [4.69, 9.17) is 14.7 Å². The monoisotopic (exact) mass is 354 g/mol. The number of nitrogens with zero attached hydrogens (tertiary/aromatic N) is 4. The van der Waals surface area contributed by atoms with Crippen molar-refractivity contribution < 1.29 is 14.3 Å². The molecule has 1 aliphatic rings. The van der Waals surface area contributed by atoms with E-state index in [-0.39, 0.29) is 12.1 Å². The van der Waals surface area contributed by atoms with Crippen LogP contribution in [0, 0.1) is 11.3 Å². The SMILES string of the molecule is COc1cc(C#N)ccc1-c1cnn(C2CN(C(=O)OC(C)(C)C)C2)c1. The van der Waals surface area contributed by atoms with Crippen LogP contribution >= 0.6 is 0 Å². The smallest absolute Gasteiger partial charge is 0.410 e. The maximum atomic E-state index is 12.0. The summed E-state index contributed by atoms with van der Waals surface area (Å²) in [6, 6.07) is 7.54. The van der Waals surface area contributed by atoms with Gasteiger partial charge in [-0.3, -0.25) is 4.68 Å². The van der Waals surface area contributed by atoms with Gasteiger partial charge in [-0.2, -0.15) is 10.4 Å². The molecule has 0 saturated carbocycles. The van der Waals surface area contributed by atoms with Gasteiger partial charge in [-0.05, 0) is 39.0 Å². The van der Waals surface area contributed by atoms with Gasteiger partial charge in [-0.1, -0.05) is 0 Å². The van der Waals surface area contributed by atoms with Crippen molar-refractivity contribution in [3.63, 3.8) is 0 Å². The fourth-order valence-electron chi connectivity index (χ4n) is 2.77. The predicted octanol–water partition coefficient (Wildman–Crippen LogP) is 3.22.